The van der Waals surface area contributed by atoms with E-state index in [9.17, 15) is 4.79 Å². The summed E-state index contributed by atoms with van der Waals surface area (Å²) >= 11 is 0. The van der Waals surface area contributed by atoms with Gasteiger partial charge in [0.05, 0.1) is 0 Å². The van der Waals surface area contributed by atoms with Gasteiger partial charge in [-0.3, -0.25) is 4.79 Å². The van der Waals surface area contributed by atoms with Crippen molar-refractivity contribution in [1.29, 1.82) is 0 Å². The van der Waals surface area contributed by atoms with Gasteiger partial charge in [0.15, 0.2) is 0 Å². The van der Waals surface area contributed by atoms with Crippen molar-refractivity contribution in [1.82, 2.24) is 5.32 Å². The number of hydrogen-bond donors (Lipinski definition) is 1. The molecule has 1 aromatic rings. The third-order valence-corrected chi connectivity index (χ3v) is 3.86. The zero-order valence-corrected chi connectivity index (χ0v) is 12.9. The van der Waals surface area contributed by atoms with Crippen LogP contribution in [-0.2, 0) is 11.2 Å². The van der Waals surface area contributed by atoms with Crippen molar-refractivity contribution < 1.29 is 4.79 Å². The summed E-state index contributed by atoms with van der Waals surface area (Å²) in [6, 6.07) is 10.6. The molecule has 1 rings (SSSR count). The van der Waals surface area contributed by atoms with Gasteiger partial charge >= 0.3 is 0 Å². The predicted octanol–water partition coefficient (Wildman–Crippen LogP) is 3.81. The Hall–Kier alpha value is -1.31. The highest BCUT2D eigenvalue weighted by Gasteiger charge is 2.27. The van der Waals surface area contributed by atoms with Gasteiger partial charge in [-0.1, -0.05) is 65.0 Å². The third kappa shape index (κ3) is 5.06. The molecule has 0 bridgehead atoms. The maximum atomic E-state index is 12.2. The standard InChI is InChI=1S/C17H27NO/c1-6-15(12-14-10-8-7-9-11-14)18-16(19)13(2)17(3,4)5/h7-11,13,15H,6,12H2,1-5H3,(H,18,19)/t13-,15-/m1/s1. The van der Waals surface area contributed by atoms with Crippen LogP contribution in [0.2, 0.25) is 0 Å². The minimum atomic E-state index is 0.00905. The summed E-state index contributed by atoms with van der Waals surface area (Å²) in [7, 11) is 0. The fourth-order valence-electron chi connectivity index (χ4n) is 1.92. The van der Waals surface area contributed by atoms with Crippen LogP contribution >= 0.6 is 0 Å². The normalized spacial score (nSPS) is 14.8. The molecule has 0 saturated carbocycles. The topological polar surface area (TPSA) is 29.1 Å². The highest BCUT2D eigenvalue weighted by molar-refractivity contribution is 5.79. The van der Waals surface area contributed by atoms with Gasteiger partial charge in [-0.15, -0.1) is 0 Å². The summed E-state index contributed by atoms with van der Waals surface area (Å²) in [5.74, 6) is 0.188. The first-order chi connectivity index (χ1) is 8.84. The molecule has 0 aliphatic heterocycles. The van der Waals surface area contributed by atoms with E-state index >= 15 is 0 Å². The van der Waals surface area contributed by atoms with Gasteiger partial charge in [0.2, 0.25) is 5.91 Å². The molecule has 1 aromatic carbocycles. The van der Waals surface area contributed by atoms with Gasteiger partial charge in [0, 0.05) is 12.0 Å². The van der Waals surface area contributed by atoms with Gasteiger partial charge in [0.1, 0.15) is 0 Å². The highest BCUT2D eigenvalue weighted by atomic mass is 16.1. The van der Waals surface area contributed by atoms with Crippen molar-refractivity contribution >= 4 is 5.91 Å². The predicted molar refractivity (Wildman–Crippen MR) is 81.0 cm³/mol. The molecular formula is C17H27NO. The van der Waals surface area contributed by atoms with Crippen LogP contribution in [0.25, 0.3) is 0 Å². The number of nitrogens with one attached hydrogen (secondary N) is 1. The second kappa shape index (κ2) is 6.74. The van der Waals surface area contributed by atoms with Crippen LogP contribution in [-0.4, -0.2) is 11.9 Å². The smallest absolute Gasteiger partial charge is 0.223 e. The van der Waals surface area contributed by atoms with Gasteiger partial charge in [-0.05, 0) is 23.8 Å². The van der Waals surface area contributed by atoms with Crippen LogP contribution in [0.3, 0.4) is 0 Å². The van der Waals surface area contributed by atoms with E-state index in [1.54, 1.807) is 0 Å². The molecule has 0 fully saturated rings. The number of benzene rings is 1. The van der Waals surface area contributed by atoms with Crippen LogP contribution in [0.4, 0.5) is 0 Å². The highest BCUT2D eigenvalue weighted by Crippen LogP contribution is 2.25. The zero-order chi connectivity index (χ0) is 14.5. The molecule has 0 aliphatic rings. The molecule has 0 radical (unpaired) electrons. The lowest BCUT2D eigenvalue weighted by Gasteiger charge is -2.28. The molecule has 2 heteroatoms. The summed E-state index contributed by atoms with van der Waals surface area (Å²) in [6.07, 6.45) is 1.86. The average Bonchev–Trinajstić information content (AvgIpc) is 2.37. The second-order valence-electron chi connectivity index (χ2n) is 6.39. The van der Waals surface area contributed by atoms with Gasteiger partial charge in [0.25, 0.3) is 0 Å². The first kappa shape index (κ1) is 15.7. The average molecular weight is 261 g/mol. The first-order valence-corrected chi connectivity index (χ1v) is 7.19. The lowest BCUT2D eigenvalue weighted by molar-refractivity contribution is -0.128. The lowest BCUT2D eigenvalue weighted by Crippen LogP contribution is -2.42. The van der Waals surface area contributed by atoms with E-state index in [0.717, 1.165) is 12.8 Å². The van der Waals surface area contributed by atoms with E-state index in [2.05, 4.69) is 45.1 Å². The molecule has 0 spiro atoms. The molecule has 2 atom stereocenters. The first-order valence-electron chi connectivity index (χ1n) is 7.19. The minimum Gasteiger partial charge on any atom is -0.353 e. The van der Waals surface area contributed by atoms with Gasteiger partial charge < -0.3 is 5.32 Å². The molecule has 106 valence electrons. The summed E-state index contributed by atoms with van der Waals surface area (Å²) in [5, 5.41) is 3.18. The van der Waals surface area contributed by atoms with E-state index in [0.29, 0.717) is 0 Å². The van der Waals surface area contributed by atoms with E-state index in [4.69, 9.17) is 0 Å². The Morgan fingerprint density at radius 2 is 1.79 bits per heavy atom. The van der Waals surface area contributed by atoms with Crippen LogP contribution in [0.1, 0.15) is 46.6 Å². The fraction of sp³-hybridized carbons (Fsp3) is 0.588. The Morgan fingerprint density at radius 3 is 2.26 bits per heavy atom. The van der Waals surface area contributed by atoms with E-state index in [1.807, 2.05) is 25.1 Å². The molecule has 2 nitrogen and oxygen atoms in total. The summed E-state index contributed by atoms with van der Waals surface area (Å²) in [5.41, 5.74) is 1.29. The number of amides is 1. The maximum Gasteiger partial charge on any atom is 0.223 e. The van der Waals surface area contributed by atoms with Gasteiger partial charge in [-0.2, -0.15) is 0 Å². The van der Waals surface area contributed by atoms with Crippen molar-refractivity contribution in [3.05, 3.63) is 35.9 Å². The molecule has 0 heterocycles. The minimum absolute atomic E-state index is 0.00905. The second-order valence-corrected chi connectivity index (χ2v) is 6.39. The van der Waals surface area contributed by atoms with E-state index in [-0.39, 0.29) is 23.3 Å². The fourth-order valence-corrected chi connectivity index (χ4v) is 1.92. The van der Waals surface area contributed by atoms with Crippen molar-refractivity contribution in [3.8, 4) is 0 Å². The SMILES string of the molecule is CC[C@H](Cc1ccccc1)NC(=O)[C@@H](C)C(C)(C)C. The number of hydrogen-bond acceptors (Lipinski definition) is 1. The number of rotatable bonds is 5. The Labute approximate surface area is 117 Å². The van der Waals surface area contributed by atoms with E-state index in [1.165, 1.54) is 5.56 Å². The summed E-state index contributed by atoms with van der Waals surface area (Å²) in [6.45, 7) is 10.4. The molecule has 0 saturated heterocycles. The number of carbonyl (C=O) groups is 1. The zero-order valence-electron chi connectivity index (χ0n) is 12.9. The van der Waals surface area contributed by atoms with Crippen LogP contribution < -0.4 is 5.32 Å². The van der Waals surface area contributed by atoms with Gasteiger partial charge in [-0.25, -0.2) is 0 Å². The van der Waals surface area contributed by atoms with Crippen LogP contribution in [0, 0.1) is 11.3 Å². The van der Waals surface area contributed by atoms with Crippen molar-refractivity contribution in [2.75, 3.05) is 0 Å². The molecule has 0 unspecified atom stereocenters. The van der Waals surface area contributed by atoms with Crippen LogP contribution in [0.5, 0.6) is 0 Å². The third-order valence-electron chi connectivity index (χ3n) is 3.86. The Balaban J connectivity index is 2.60. The van der Waals surface area contributed by atoms with Crippen molar-refractivity contribution in [2.45, 2.75) is 53.5 Å². The Bertz CT molecular complexity index is 391. The molecule has 0 aliphatic carbocycles. The van der Waals surface area contributed by atoms with Crippen molar-refractivity contribution in [3.63, 3.8) is 0 Å². The van der Waals surface area contributed by atoms with E-state index < -0.39 is 0 Å². The monoisotopic (exact) mass is 261 g/mol. The largest absolute Gasteiger partial charge is 0.353 e. The molecule has 1 N–H and O–H groups in total. The Morgan fingerprint density at radius 1 is 1.21 bits per heavy atom. The molecule has 1 amide bonds. The Kier molecular flexibility index (Phi) is 5.59. The molecule has 19 heavy (non-hydrogen) atoms. The molecular weight excluding hydrogens is 234 g/mol. The summed E-state index contributed by atoms with van der Waals surface area (Å²) in [4.78, 5) is 12.2. The molecule has 0 aromatic heterocycles. The summed E-state index contributed by atoms with van der Waals surface area (Å²) < 4.78 is 0. The quantitative estimate of drug-likeness (QED) is 0.858. The van der Waals surface area contributed by atoms with Crippen molar-refractivity contribution in [2.24, 2.45) is 11.3 Å². The maximum absolute atomic E-state index is 12.2. The number of carbonyl (C=O) groups excluding carboxylic acids is 1. The van der Waals surface area contributed by atoms with Crippen LogP contribution in [0.15, 0.2) is 30.3 Å². The lowest BCUT2D eigenvalue weighted by atomic mass is 9.81.